The van der Waals surface area contributed by atoms with Crippen molar-refractivity contribution < 1.29 is 0 Å². The average molecular weight is 257 g/mol. The highest BCUT2D eigenvalue weighted by Crippen LogP contribution is 2.24. The van der Waals surface area contributed by atoms with Gasteiger partial charge in [0.25, 0.3) is 0 Å². The van der Waals surface area contributed by atoms with Gasteiger partial charge < -0.3 is 4.90 Å². The number of anilines is 1. The molecule has 1 aliphatic rings. The molecule has 0 aromatic heterocycles. The Labute approximate surface area is 116 Å². The van der Waals surface area contributed by atoms with Crippen LogP contribution in [-0.2, 0) is 0 Å². The number of rotatable bonds is 6. The van der Waals surface area contributed by atoms with Gasteiger partial charge in [-0.2, -0.15) is 5.26 Å². The van der Waals surface area contributed by atoms with Gasteiger partial charge in [0.05, 0.1) is 6.07 Å². The smallest absolute Gasteiger partial charge is 0.105 e. The lowest BCUT2D eigenvalue weighted by atomic mass is 9.99. The van der Waals surface area contributed by atoms with Crippen LogP contribution >= 0.6 is 0 Å². The molecule has 102 valence electrons. The summed E-state index contributed by atoms with van der Waals surface area (Å²) < 4.78 is 0. The third-order valence-corrected chi connectivity index (χ3v) is 3.74. The Bertz CT molecular complexity index is 473. The van der Waals surface area contributed by atoms with Crippen molar-refractivity contribution in [2.75, 3.05) is 18.5 Å². The van der Waals surface area contributed by atoms with Crippen molar-refractivity contribution in [3.8, 4) is 6.07 Å². The first-order valence-electron chi connectivity index (χ1n) is 6.99. The van der Waals surface area contributed by atoms with Gasteiger partial charge in [-0.1, -0.05) is 12.1 Å². The van der Waals surface area contributed by atoms with Crippen LogP contribution in [0.5, 0.6) is 0 Å². The molecule has 1 aromatic carbocycles. The molecule has 0 radical (unpaired) electrons. The maximum Gasteiger partial charge on any atom is 0.105 e. The van der Waals surface area contributed by atoms with Crippen molar-refractivity contribution >= 4 is 5.69 Å². The highest BCUT2D eigenvalue weighted by Gasteiger charge is 2.32. The Morgan fingerprint density at radius 3 is 2.79 bits per heavy atom. The third kappa shape index (κ3) is 3.97. The molecule has 3 heteroatoms. The fourth-order valence-corrected chi connectivity index (χ4v) is 2.22. The molecule has 1 aliphatic carbocycles. The number of aryl methyl sites for hydroxylation is 1. The first-order valence-corrected chi connectivity index (χ1v) is 6.99. The zero-order valence-electron chi connectivity index (χ0n) is 12.1. The number of nitrogens with zero attached hydrogens (tertiary/aromatic N) is 2. The highest BCUT2D eigenvalue weighted by atomic mass is 15.1. The summed E-state index contributed by atoms with van der Waals surface area (Å²) in [6, 6.07) is 11.5. The predicted molar refractivity (Wildman–Crippen MR) is 79.2 cm³/mol. The van der Waals surface area contributed by atoms with Gasteiger partial charge in [-0.25, -0.2) is 0 Å². The second-order valence-corrected chi connectivity index (χ2v) is 5.87. The van der Waals surface area contributed by atoms with E-state index in [2.05, 4.69) is 54.5 Å². The van der Waals surface area contributed by atoms with Crippen LogP contribution in [0.3, 0.4) is 0 Å². The molecule has 0 saturated heterocycles. The molecule has 0 heterocycles. The van der Waals surface area contributed by atoms with E-state index in [1.165, 1.54) is 24.1 Å². The molecule has 1 atom stereocenters. The van der Waals surface area contributed by atoms with E-state index in [0.29, 0.717) is 6.04 Å². The van der Waals surface area contributed by atoms with Crippen molar-refractivity contribution in [1.82, 2.24) is 5.32 Å². The van der Waals surface area contributed by atoms with E-state index < -0.39 is 5.54 Å². The molecule has 1 fully saturated rings. The number of benzene rings is 1. The molecule has 1 saturated carbocycles. The van der Waals surface area contributed by atoms with Crippen LogP contribution in [-0.4, -0.2) is 25.2 Å². The Hall–Kier alpha value is -1.53. The van der Waals surface area contributed by atoms with Gasteiger partial charge in [-0.3, -0.25) is 5.32 Å². The molecule has 0 spiro atoms. The van der Waals surface area contributed by atoms with Crippen molar-refractivity contribution in [3.05, 3.63) is 29.8 Å². The predicted octanol–water partition coefficient (Wildman–Crippen LogP) is 2.86. The molecule has 0 aliphatic heterocycles. The monoisotopic (exact) mass is 257 g/mol. The van der Waals surface area contributed by atoms with E-state index in [1.807, 2.05) is 6.92 Å². The third-order valence-electron chi connectivity index (χ3n) is 3.74. The van der Waals surface area contributed by atoms with Gasteiger partial charge in [0, 0.05) is 25.3 Å². The maximum atomic E-state index is 9.36. The summed E-state index contributed by atoms with van der Waals surface area (Å²) in [4.78, 5) is 2.22. The molecule has 0 bridgehead atoms. The summed E-state index contributed by atoms with van der Waals surface area (Å²) in [5.41, 5.74) is 2.08. The minimum atomic E-state index is -0.404. The summed E-state index contributed by atoms with van der Waals surface area (Å²) >= 11 is 0. The highest BCUT2D eigenvalue weighted by molar-refractivity contribution is 5.47. The molecular weight excluding hydrogens is 234 g/mol. The molecule has 1 aromatic rings. The second kappa shape index (κ2) is 5.63. The van der Waals surface area contributed by atoms with Crippen molar-refractivity contribution in [2.45, 2.75) is 44.7 Å². The van der Waals surface area contributed by atoms with Gasteiger partial charge >= 0.3 is 0 Å². The van der Waals surface area contributed by atoms with Gasteiger partial charge in [-0.05, 0) is 50.8 Å². The van der Waals surface area contributed by atoms with E-state index in [4.69, 9.17) is 0 Å². The summed E-state index contributed by atoms with van der Waals surface area (Å²) in [6.45, 7) is 4.99. The van der Waals surface area contributed by atoms with Crippen molar-refractivity contribution in [2.24, 2.45) is 0 Å². The first kappa shape index (κ1) is 13.9. The molecule has 19 heavy (non-hydrogen) atoms. The Morgan fingerprint density at radius 2 is 2.21 bits per heavy atom. The Balaban J connectivity index is 1.91. The van der Waals surface area contributed by atoms with Gasteiger partial charge in [-0.15, -0.1) is 0 Å². The van der Waals surface area contributed by atoms with Crippen LogP contribution in [0.15, 0.2) is 24.3 Å². The normalized spacial score (nSPS) is 17.6. The minimum Gasteiger partial charge on any atom is -0.374 e. The molecular formula is C16H23N3. The number of hydrogen-bond donors (Lipinski definition) is 1. The maximum absolute atomic E-state index is 9.36. The summed E-state index contributed by atoms with van der Waals surface area (Å²) in [5, 5.41) is 12.8. The number of nitriles is 1. The van der Waals surface area contributed by atoms with E-state index in [9.17, 15) is 5.26 Å². The van der Waals surface area contributed by atoms with E-state index in [0.717, 1.165) is 13.0 Å². The quantitative estimate of drug-likeness (QED) is 0.851. The largest absolute Gasteiger partial charge is 0.374 e. The van der Waals surface area contributed by atoms with Crippen molar-refractivity contribution in [1.29, 1.82) is 5.26 Å². The van der Waals surface area contributed by atoms with Gasteiger partial charge in [0.1, 0.15) is 5.54 Å². The van der Waals surface area contributed by atoms with E-state index >= 15 is 0 Å². The zero-order chi connectivity index (χ0) is 13.9. The van der Waals surface area contributed by atoms with Gasteiger partial charge in [0.15, 0.2) is 0 Å². The SMILES string of the molecule is Cc1cccc(N(C)CCC(C)(C#N)NC2CC2)c1. The molecule has 1 N–H and O–H groups in total. The van der Waals surface area contributed by atoms with Crippen molar-refractivity contribution in [3.63, 3.8) is 0 Å². The minimum absolute atomic E-state index is 0.404. The summed E-state index contributed by atoms with van der Waals surface area (Å²) in [5.74, 6) is 0. The second-order valence-electron chi connectivity index (χ2n) is 5.87. The van der Waals surface area contributed by atoms with E-state index in [-0.39, 0.29) is 0 Å². The summed E-state index contributed by atoms with van der Waals surface area (Å²) in [6.07, 6.45) is 3.26. The number of nitrogens with one attached hydrogen (secondary N) is 1. The fourth-order valence-electron chi connectivity index (χ4n) is 2.22. The van der Waals surface area contributed by atoms with Gasteiger partial charge in [0.2, 0.25) is 0 Å². The van der Waals surface area contributed by atoms with Crippen LogP contribution in [0.25, 0.3) is 0 Å². The summed E-state index contributed by atoms with van der Waals surface area (Å²) in [7, 11) is 2.09. The molecule has 3 nitrogen and oxygen atoms in total. The standard InChI is InChI=1S/C16H23N3/c1-13-5-4-6-15(11-13)19(3)10-9-16(2,12-17)18-14-7-8-14/h4-6,11,14,18H,7-10H2,1-3H3. The van der Waals surface area contributed by atoms with Crippen LogP contribution in [0.1, 0.15) is 31.7 Å². The molecule has 1 unspecified atom stereocenters. The first-order chi connectivity index (χ1) is 9.02. The topological polar surface area (TPSA) is 39.1 Å². The van der Waals surface area contributed by atoms with Crippen LogP contribution < -0.4 is 10.2 Å². The Kier molecular flexibility index (Phi) is 4.11. The van der Waals surface area contributed by atoms with Crippen LogP contribution in [0.2, 0.25) is 0 Å². The van der Waals surface area contributed by atoms with E-state index in [1.54, 1.807) is 0 Å². The lowest BCUT2D eigenvalue weighted by Gasteiger charge is -2.27. The number of hydrogen-bond acceptors (Lipinski definition) is 3. The molecule has 2 rings (SSSR count). The zero-order valence-corrected chi connectivity index (χ0v) is 12.1. The average Bonchev–Trinajstić information content (AvgIpc) is 3.20. The van der Waals surface area contributed by atoms with Crippen LogP contribution in [0, 0.1) is 18.3 Å². The lowest BCUT2D eigenvalue weighted by molar-refractivity contribution is 0.417. The molecule has 0 amide bonds. The van der Waals surface area contributed by atoms with Crippen LogP contribution in [0.4, 0.5) is 5.69 Å². The lowest BCUT2D eigenvalue weighted by Crippen LogP contribution is -2.44. The Morgan fingerprint density at radius 1 is 1.47 bits per heavy atom. The fraction of sp³-hybridized carbons (Fsp3) is 0.562.